The maximum Gasteiger partial charge on any atom is 0.453 e. The van der Waals surface area contributed by atoms with Crippen molar-refractivity contribution in [3.8, 4) is 11.5 Å². The van der Waals surface area contributed by atoms with Gasteiger partial charge in [0.15, 0.2) is 0 Å². The summed E-state index contributed by atoms with van der Waals surface area (Å²) in [6.45, 7) is 0. The lowest BCUT2D eigenvalue weighted by molar-refractivity contribution is -0.575. The number of rotatable bonds is 18. The zero-order valence-corrected chi connectivity index (χ0v) is 25.5. The predicted octanol–water partition coefficient (Wildman–Crippen LogP) is 10.7. The molecule has 0 atom stereocenters. The van der Waals surface area contributed by atoms with E-state index in [1.54, 1.807) is 9.47 Å². The van der Waals surface area contributed by atoms with Crippen molar-refractivity contribution in [1.82, 2.24) is 0 Å². The Morgan fingerprint density at radius 3 is 0.702 bits per heavy atom. The monoisotopic (exact) mass is 900 g/mol. The smallest absolute Gasteiger partial charge is 0.453 e. The number of hydrogen-bond acceptors (Lipinski definition) is 6. The highest BCUT2D eigenvalue weighted by Gasteiger charge is 2.90. The molecule has 0 saturated heterocycles. The molecular weight excluding hydrogens is 890 g/mol. The van der Waals surface area contributed by atoms with Gasteiger partial charge in [-0.05, 0) is 48.5 Å². The zero-order valence-electron chi connectivity index (χ0n) is 25.5. The van der Waals surface area contributed by atoms with Gasteiger partial charge in [0, 0.05) is 11.1 Å². The van der Waals surface area contributed by atoms with Crippen LogP contribution in [0.2, 0.25) is 0 Å². The average Bonchev–Trinajstić information content (AvgIpc) is 2.98. The van der Waals surface area contributed by atoms with Gasteiger partial charge in [0.25, 0.3) is 0 Å². The molecular formula is C25H10F26O6. The van der Waals surface area contributed by atoms with Gasteiger partial charge >= 0.3 is 78.5 Å². The van der Waals surface area contributed by atoms with Crippen molar-refractivity contribution in [3.05, 3.63) is 59.7 Å². The Morgan fingerprint density at radius 2 is 0.456 bits per heavy atom. The van der Waals surface area contributed by atoms with Gasteiger partial charge in [-0.15, -0.1) is 0 Å². The molecule has 2 aromatic rings. The van der Waals surface area contributed by atoms with E-state index in [1.807, 2.05) is 0 Å². The molecule has 0 aliphatic heterocycles. The highest BCUT2D eigenvalue weighted by Crippen LogP contribution is 2.61. The average molecular weight is 900 g/mol. The minimum absolute atomic E-state index is 0.0503. The molecule has 2 rings (SSSR count). The molecule has 0 aromatic heterocycles. The summed E-state index contributed by atoms with van der Waals surface area (Å²) in [5, 5.41) is 17.8. The summed E-state index contributed by atoms with van der Waals surface area (Å²) in [5.74, 6) is -41.8. The van der Waals surface area contributed by atoms with Gasteiger partial charge in [-0.3, -0.25) is 0 Å². The first-order valence-corrected chi connectivity index (χ1v) is 13.1. The molecule has 0 fully saturated rings. The van der Waals surface area contributed by atoms with E-state index in [2.05, 4.69) is 0 Å². The number of alkyl halides is 26. The summed E-state index contributed by atoms with van der Waals surface area (Å²) in [4.78, 5) is 0. The van der Waals surface area contributed by atoms with E-state index in [0.29, 0.717) is 0 Å². The first-order valence-electron chi connectivity index (χ1n) is 13.1. The van der Waals surface area contributed by atoms with Crippen LogP contribution in [0.25, 0.3) is 0 Å². The zero-order chi connectivity index (χ0) is 45.3. The number of hydrogen-bond donors (Lipinski definition) is 2. The lowest BCUT2D eigenvalue weighted by Gasteiger charge is -2.41. The molecule has 2 aromatic carbocycles. The number of ether oxygens (including phenoxy) is 4. The van der Waals surface area contributed by atoms with Gasteiger partial charge < -0.3 is 10.2 Å². The Labute approximate surface area is 294 Å². The van der Waals surface area contributed by atoms with Crippen LogP contribution < -0.4 is 0 Å². The molecule has 6 nitrogen and oxygen atoms in total. The van der Waals surface area contributed by atoms with Crippen LogP contribution in [0.3, 0.4) is 0 Å². The van der Waals surface area contributed by atoms with Crippen molar-refractivity contribution in [2.45, 2.75) is 78.5 Å². The Balaban J connectivity index is 2.43. The van der Waals surface area contributed by atoms with Crippen molar-refractivity contribution >= 4 is 0 Å². The molecule has 0 radical (unpaired) electrons. The Kier molecular flexibility index (Phi) is 12.2. The SMILES string of the molecule is Oc1ccc(C(F)(F)C(F)(F)OC(F)(F)C(F)(F)OC(F)(F)C(F)(F)OC(F)(F)C(F)(F)C(F)(F)C(F)(F)C(F)(F)OC(F)(F)C(F)(F)c2ccc(O)cc2)cc1. The van der Waals surface area contributed by atoms with E-state index >= 15 is 0 Å². The molecule has 0 aliphatic rings. The van der Waals surface area contributed by atoms with Crippen LogP contribution in [0.1, 0.15) is 11.1 Å². The molecule has 2 N–H and O–H groups in total. The Hall–Kier alpha value is -3.94. The minimum Gasteiger partial charge on any atom is -0.508 e. The van der Waals surface area contributed by atoms with Gasteiger partial charge in [0.05, 0.1) is 0 Å². The molecule has 0 aliphatic carbocycles. The number of phenolic OH excluding ortho intramolecular Hbond substituents is 2. The molecule has 328 valence electrons. The number of benzene rings is 2. The largest absolute Gasteiger partial charge is 0.508 e. The molecule has 0 heterocycles. The molecule has 0 amide bonds. The first kappa shape index (κ1) is 49.2. The second-order valence-corrected chi connectivity index (χ2v) is 10.5. The summed E-state index contributed by atoms with van der Waals surface area (Å²) >= 11 is 0. The van der Waals surface area contributed by atoms with E-state index in [-0.39, 0.29) is 48.5 Å². The highest BCUT2D eigenvalue weighted by atomic mass is 19.4. The van der Waals surface area contributed by atoms with Crippen LogP contribution in [-0.4, -0.2) is 76.8 Å². The van der Waals surface area contributed by atoms with Gasteiger partial charge in [-0.1, -0.05) is 0 Å². The van der Waals surface area contributed by atoms with Crippen LogP contribution in [0, 0.1) is 0 Å². The van der Waals surface area contributed by atoms with Gasteiger partial charge in [0.2, 0.25) is 0 Å². The third-order valence-electron chi connectivity index (χ3n) is 6.41. The Morgan fingerprint density at radius 1 is 0.263 bits per heavy atom. The van der Waals surface area contributed by atoms with Gasteiger partial charge in [0.1, 0.15) is 11.5 Å². The number of phenols is 2. The molecule has 32 heteroatoms. The van der Waals surface area contributed by atoms with E-state index in [0.717, 1.165) is 4.74 Å². The van der Waals surface area contributed by atoms with Crippen LogP contribution in [0.4, 0.5) is 114 Å². The van der Waals surface area contributed by atoms with Crippen molar-refractivity contribution in [1.29, 1.82) is 0 Å². The fraction of sp³-hybridized carbons (Fsp3) is 0.520. The van der Waals surface area contributed by atoms with E-state index in [4.69, 9.17) is 10.2 Å². The quantitative estimate of drug-likeness (QED) is 0.145. The maximum absolute atomic E-state index is 14.0. The maximum atomic E-state index is 14.0. The predicted molar refractivity (Wildman–Crippen MR) is 123 cm³/mol. The molecule has 0 saturated carbocycles. The molecule has 0 unspecified atom stereocenters. The lowest BCUT2D eigenvalue weighted by atomic mass is 10.0. The molecule has 0 spiro atoms. The fourth-order valence-electron chi connectivity index (χ4n) is 3.38. The Bertz CT molecular complexity index is 1710. The number of halogens is 26. The highest BCUT2D eigenvalue weighted by molar-refractivity contribution is 5.30. The first-order chi connectivity index (χ1) is 24.8. The second kappa shape index (κ2) is 14.1. The second-order valence-electron chi connectivity index (χ2n) is 10.5. The van der Waals surface area contributed by atoms with Crippen molar-refractivity contribution < 1.29 is 143 Å². The summed E-state index contributed by atoms with van der Waals surface area (Å²) in [6.07, 6.45) is -64.1. The summed E-state index contributed by atoms with van der Waals surface area (Å²) < 4.78 is 366. The standard InChI is InChI=1S/C25H10F26O6/c26-13(27,9-1-5-11(52)6-2-9)18(36,37)54-20(40,41)16(32,33)15(30,31)17(34,35)21(42,43)56-23(46,47)25(50,51)57-24(48,49)22(44,45)55-19(38,39)14(28,29)10-3-7-12(53)8-4-10/h1-8,52-53H. The summed E-state index contributed by atoms with van der Waals surface area (Å²) in [5.41, 5.74) is -4.56. The van der Waals surface area contributed by atoms with Gasteiger partial charge in [-0.25, -0.2) is 18.9 Å². The van der Waals surface area contributed by atoms with E-state index in [9.17, 15) is 114 Å². The number of aromatic hydroxyl groups is 2. The summed E-state index contributed by atoms with van der Waals surface area (Å²) in [7, 11) is 0. The lowest BCUT2D eigenvalue weighted by Crippen LogP contribution is -2.70. The van der Waals surface area contributed by atoms with E-state index in [1.165, 1.54) is 4.74 Å². The van der Waals surface area contributed by atoms with E-state index < -0.39 is 101 Å². The summed E-state index contributed by atoms with van der Waals surface area (Å²) in [6, 6.07) is -0.821. The van der Waals surface area contributed by atoms with Crippen molar-refractivity contribution in [3.63, 3.8) is 0 Å². The molecule has 0 bridgehead atoms. The van der Waals surface area contributed by atoms with Crippen LogP contribution in [0.5, 0.6) is 11.5 Å². The van der Waals surface area contributed by atoms with Crippen LogP contribution in [0.15, 0.2) is 48.5 Å². The third kappa shape index (κ3) is 8.48. The molecule has 57 heavy (non-hydrogen) atoms. The third-order valence-corrected chi connectivity index (χ3v) is 6.41. The fourth-order valence-corrected chi connectivity index (χ4v) is 3.38. The van der Waals surface area contributed by atoms with Crippen LogP contribution in [-0.2, 0) is 30.8 Å². The van der Waals surface area contributed by atoms with Gasteiger partial charge in [-0.2, -0.15) is 114 Å². The minimum atomic E-state index is -9.07. The van der Waals surface area contributed by atoms with Crippen LogP contribution >= 0.6 is 0 Å². The van der Waals surface area contributed by atoms with Crippen molar-refractivity contribution in [2.24, 2.45) is 0 Å². The topological polar surface area (TPSA) is 77.4 Å². The normalized spacial score (nSPS) is 15.6. The van der Waals surface area contributed by atoms with Crippen molar-refractivity contribution in [2.75, 3.05) is 0 Å².